The summed E-state index contributed by atoms with van der Waals surface area (Å²) in [5, 5.41) is 6.46. The minimum absolute atomic E-state index is 0.189. The molecule has 0 spiro atoms. The summed E-state index contributed by atoms with van der Waals surface area (Å²) < 4.78 is 5.15. The van der Waals surface area contributed by atoms with Gasteiger partial charge in [-0.15, -0.1) is 0 Å². The Labute approximate surface area is 133 Å². The summed E-state index contributed by atoms with van der Waals surface area (Å²) in [5.41, 5.74) is 1.28. The van der Waals surface area contributed by atoms with Gasteiger partial charge in [0.2, 0.25) is 5.91 Å². The van der Waals surface area contributed by atoms with E-state index in [1.54, 1.807) is 7.11 Å². The van der Waals surface area contributed by atoms with Crippen molar-refractivity contribution in [2.75, 3.05) is 20.2 Å². The van der Waals surface area contributed by atoms with Crippen LogP contribution in [-0.2, 0) is 11.2 Å². The molecular formula is C18H28N2O2. The summed E-state index contributed by atoms with van der Waals surface area (Å²) in [5.74, 6) is 1.75. The smallest absolute Gasteiger partial charge is 0.220 e. The number of carbonyl (C=O) groups excluding carboxylic acids is 1. The fourth-order valence-corrected chi connectivity index (χ4v) is 2.89. The largest absolute Gasteiger partial charge is 0.497 e. The van der Waals surface area contributed by atoms with Gasteiger partial charge >= 0.3 is 0 Å². The van der Waals surface area contributed by atoms with Crippen molar-refractivity contribution in [1.29, 1.82) is 0 Å². The van der Waals surface area contributed by atoms with Crippen LogP contribution in [0.3, 0.4) is 0 Å². The van der Waals surface area contributed by atoms with Crippen molar-refractivity contribution in [3.63, 3.8) is 0 Å². The third-order valence-electron chi connectivity index (χ3n) is 4.37. The minimum Gasteiger partial charge on any atom is -0.497 e. The van der Waals surface area contributed by atoms with Crippen LogP contribution in [0.2, 0.25) is 0 Å². The van der Waals surface area contributed by atoms with Crippen LogP contribution < -0.4 is 15.4 Å². The van der Waals surface area contributed by atoms with E-state index in [-0.39, 0.29) is 11.9 Å². The van der Waals surface area contributed by atoms with E-state index in [2.05, 4.69) is 29.7 Å². The van der Waals surface area contributed by atoms with Crippen LogP contribution in [-0.4, -0.2) is 32.1 Å². The van der Waals surface area contributed by atoms with Gasteiger partial charge in [0.25, 0.3) is 0 Å². The van der Waals surface area contributed by atoms with Gasteiger partial charge in [0.05, 0.1) is 7.11 Å². The molecule has 22 heavy (non-hydrogen) atoms. The molecule has 1 saturated heterocycles. The number of aryl methyl sites for hydroxylation is 1. The van der Waals surface area contributed by atoms with E-state index in [9.17, 15) is 4.79 Å². The Balaban J connectivity index is 1.63. The van der Waals surface area contributed by atoms with Crippen molar-refractivity contribution in [2.24, 2.45) is 5.92 Å². The lowest BCUT2D eigenvalue weighted by atomic mass is 10.0. The molecule has 1 aromatic carbocycles. The molecular weight excluding hydrogens is 276 g/mol. The highest BCUT2D eigenvalue weighted by atomic mass is 16.5. The van der Waals surface area contributed by atoms with Crippen LogP contribution in [0.15, 0.2) is 24.3 Å². The van der Waals surface area contributed by atoms with Crippen LogP contribution in [0.4, 0.5) is 0 Å². The fourth-order valence-electron chi connectivity index (χ4n) is 2.89. The molecule has 1 aromatic rings. The molecule has 0 bridgehead atoms. The molecule has 2 atom stereocenters. The number of carbonyl (C=O) groups is 1. The maximum Gasteiger partial charge on any atom is 0.220 e. The van der Waals surface area contributed by atoms with Crippen LogP contribution in [0.5, 0.6) is 5.75 Å². The van der Waals surface area contributed by atoms with Gasteiger partial charge in [0.1, 0.15) is 5.75 Å². The fraction of sp³-hybridized carbons (Fsp3) is 0.611. The maximum absolute atomic E-state index is 12.0. The van der Waals surface area contributed by atoms with Crippen molar-refractivity contribution in [3.8, 4) is 5.75 Å². The highest BCUT2D eigenvalue weighted by molar-refractivity contribution is 5.76. The molecule has 1 aliphatic heterocycles. The Morgan fingerprint density at radius 3 is 2.82 bits per heavy atom. The quantitative estimate of drug-likeness (QED) is 0.776. The van der Waals surface area contributed by atoms with Gasteiger partial charge in [-0.2, -0.15) is 0 Å². The molecule has 4 heteroatoms. The minimum atomic E-state index is 0.189. The third kappa shape index (κ3) is 5.68. The number of nitrogens with one attached hydrogen (secondary N) is 2. The summed E-state index contributed by atoms with van der Waals surface area (Å²) in [6.07, 6.45) is 4.80. The first kappa shape index (κ1) is 16.8. The first-order chi connectivity index (χ1) is 10.7. The van der Waals surface area contributed by atoms with Gasteiger partial charge in [-0.1, -0.05) is 12.1 Å². The zero-order valence-electron chi connectivity index (χ0n) is 13.7. The van der Waals surface area contributed by atoms with E-state index in [1.807, 2.05) is 12.1 Å². The van der Waals surface area contributed by atoms with E-state index in [4.69, 9.17) is 4.74 Å². The van der Waals surface area contributed by atoms with E-state index in [0.29, 0.717) is 12.3 Å². The lowest BCUT2D eigenvalue weighted by Gasteiger charge is -2.15. The van der Waals surface area contributed by atoms with Gasteiger partial charge in [-0.05, 0) is 69.3 Å². The second-order valence-electron chi connectivity index (χ2n) is 6.25. The SMILES string of the molecule is COc1ccc(CCC(C)NC(=O)CCC2CCNC2)cc1. The van der Waals surface area contributed by atoms with Gasteiger partial charge in [0.15, 0.2) is 0 Å². The van der Waals surface area contributed by atoms with Crippen LogP contribution in [0.25, 0.3) is 0 Å². The third-order valence-corrected chi connectivity index (χ3v) is 4.37. The van der Waals surface area contributed by atoms with Crippen LogP contribution in [0, 0.1) is 5.92 Å². The number of rotatable bonds is 8. The summed E-state index contributed by atoms with van der Waals surface area (Å²) in [6, 6.07) is 8.35. The van der Waals surface area contributed by atoms with Gasteiger partial charge in [0, 0.05) is 12.5 Å². The normalized spacial score (nSPS) is 18.9. The predicted octanol–water partition coefficient (Wildman–Crippen LogP) is 2.52. The van der Waals surface area contributed by atoms with E-state index < -0.39 is 0 Å². The van der Waals surface area contributed by atoms with Crippen molar-refractivity contribution in [3.05, 3.63) is 29.8 Å². The molecule has 2 rings (SSSR count). The van der Waals surface area contributed by atoms with Crippen molar-refractivity contribution in [2.45, 2.75) is 45.1 Å². The monoisotopic (exact) mass is 304 g/mol. The average Bonchev–Trinajstić information content (AvgIpc) is 3.05. The van der Waals surface area contributed by atoms with Crippen molar-refractivity contribution < 1.29 is 9.53 Å². The molecule has 1 fully saturated rings. The molecule has 122 valence electrons. The van der Waals surface area contributed by atoms with Crippen molar-refractivity contribution >= 4 is 5.91 Å². The Kier molecular flexibility index (Phi) is 6.72. The highest BCUT2D eigenvalue weighted by Gasteiger charge is 2.16. The summed E-state index contributed by atoms with van der Waals surface area (Å²) in [7, 11) is 1.67. The van der Waals surface area contributed by atoms with Gasteiger partial charge in [-0.3, -0.25) is 4.79 Å². The molecule has 1 aliphatic rings. The zero-order valence-corrected chi connectivity index (χ0v) is 13.7. The van der Waals surface area contributed by atoms with Gasteiger partial charge in [-0.25, -0.2) is 0 Å². The Morgan fingerprint density at radius 1 is 1.41 bits per heavy atom. The second kappa shape index (κ2) is 8.79. The number of methoxy groups -OCH3 is 1. The maximum atomic E-state index is 12.0. The molecule has 4 nitrogen and oxygen atoms in total. The van der Waals surface area contributed by atoms with Gasteiger partial charge < -0.3 is 15.4 Å². The number of amides is 1. The molecule has 0 aliphatic carbocycles. The Hall–Kier alpha value is -1.55. The first-order valence-electron chi connectivity index (χ1n) is 8.30. The molecule has 0 saturated carbocycles. The zero-order chi connectivity index (χ0) is 15.8. The lowest BCUT2D eigenvalue weighted by molar-refractivity contribution is -0.122. The predicted molar refractivity (Wildman–Crippen MR) is 89.1 cm³/mol. The topological polar surface area (TPSA) is 50.4 Å². The summed E-state index contributed by atoms with van der Waals surface area (Å²) in [4.78, 5) is 12.0. The first-order valence-corrected chi connectivity index (χ1v) is 8.30. The summed E-state index contributed by atoms with van der Waals surface area (Å²) in [6.45, 7) is 4.25. The van der Waals surface area contributed by atoms with Crippen LogP contribution >= 0.6 is 0 Å². The number of hydrogen-bond acceptors (Lipinski definition) is 3. The average molecular weight is 304 g/mol. The molecule has 1 amide bonds. The Bertz CT molecular complexity index is 453. The second-order valence-corrected chi connectivity index (χ2v) is 6.25. The lowest BCUT2D eigenvalue weighted by Crippen LogP contribution is -2.33. The van der Waals surface area contributed by atoms with Crippen molar-refractivity contribution in [1.82, 2.24) is 10.6 Å². The van der Waals surface area contributed by atoms with E-state index in [1.165, 1.54) is 12.0 Å². The van der Waals surface area contributed by atoms with E-state index >= 15 is 0 Å². The van der Waals surface area contributed by atoms with Crippen LogP contribution in [0.1, 0.15) is 38.2 Å². The molecule has 0 aromatic heterocycles. The van der Waals surface area contributed by atoms with E-state index in [0.717, 1.165) is 38.1 Å². The Morgan fingerprint density at radius 2 is 2.18 bits per heavy atom. The highest BCUT2D eigenvalue weighted by Crippen LogP contribution is 2.15. The number of hydrogen-bond donors (Lipinski definition) is 2. The standard InChI is InChI=1S/C18H28N2O2/c1-14(3-4-15-5-8-17(22-2)9-6-15)20-18(21)10-7-16-11-12-19-13-16/h5-6,8-9,14,16,19H,3-4,7,10-13H2,1-2H3,(H,20,21). The number of benzene rings is 1. The summed E-state index contributed by atoms with van der Waals surface area (Å²) >= 11 is 0. The number of ether oxygens (including phenoxy) is 1. The molecule has 1 heterocycles. The molecule has 0 radical (unpaired) electrons. The molecule has 2 N–H and O–H groups in total. The molecule has 2 unspecified atom stereocenters.